The lowest BCUT2D eigenvalue weighted by atomic mass is 9.84. The molecule has 1 saturated carbocycles. The second-order valence-corrected chi connectivity index (χ2v) is 12.2. The Hall–Kier alpha value is -1.25. The standard InChI is InChI=1S/C23H12Cl7FN2O3/c24-12-7-5-10(6-8-12)18(34)32(9-11-3-1-2-4-13(11)31)33-19(35)14-15(20(33)36)22(28)17(26)16(25)21(14,27)23(22,29)30/h1-8,14-15H,9H2/t14-,15-,21+,22+/m0/s1. The number of nitrogens with zero attached hydrogens (tertiary/aromatic N) is 2. The van der Waals surface area contributed by atoms with Gasteiger partial charge in [0, 0.05) is 16.1 Å². The second kappa shape index (κ2) is 8.63. The number of benzene rings is 2. The van der Waals surface area contributed by atoms with Crippen molar-refractivity contribution in [1.29, 1.82) is 0 Å². The summed E-state index contributed by atoms with van der Waals surface area (Å²) in [6.07, 6.45) is 0. The first-order valence-electron chi connectivity index (χ1n) is 10.3. The van der Waals surface area contributed by atoms with Gasteiger partial charge in [-0.2, -0.15) is 5.01 Å². The minimum Gasteiger partial charge on any atom is -0.272 e. The lowest BCUT2D eigenvalue weighted by molar-refractivity contribution is -0.156. The van der Waals surface area contributed by atoms with Crippen molar-refractivity contribution in [1.82, 2.24) is 10.0 Å². The highest BCUT2D eigenvalue weighted by atomic mass is 35.5. The summed E-state index contributed by atoms with van der Waals surface area (Å²) in [4.78, 5) is 37.1. The molecule has 0 unspecified atom stereocenters. The molecule has 0 radical (unpaired) electrons. The van der Waals surface area contributed by atoms with Gasteiger partial charge in [0.2, 0.25) is 0 Å². The van der Waals surface area contributed by atoms with E-state index in [9.17, 15) is 18.8 Å². The Morgan fingerprint density at radius 3 is 1.86 bits per heavy atom. The molecule has 0 N–H and O–H groups in total. The summed E-state index contributed by atoms with van der Waals surface area (Å²) in [5.74, 6) is -6.21. The van der Waals surface area contributed by atoms with Crippen molar-refractivity contribution in [2.24, 2.45) is 11.8 Å². The molecule has 2 aliphatic carbocycles. The van der Waals surface area contributed by atoms with Crippen molar-refractivity contribution in [3.05, 3.63) is 80.6 Å². The van der Waals surface area contributed by atoms with Crippen LogP contribution < -0.4 is 0 Å². The van der Waals surface area contributed by atoms with Crippen molar-refractivity contribution >= 4 is 98.9 Å². The van der Waals surface area contributed by atoms with Crippen LogP contribution in [-0.2, 0) is 16.1 Å². The van der Waals surface area contributed by atoms with Gasteiger partial charge < -0.3 is 0 Å². The smallest absolute Gasteiger partial charge is 0.272 e. The number of alkyl halides is 4. The number of carbonyl (C=O) groups is 3. The van der Waals surface area contributed by atoms with Crippen LogP contribution in [0.15, 0.2) is 58.6 Å². The number of imide groups is 1. The number of carbonyl (C=O) groups excluding carboxylic acids is 3. The molecule has 13 heteroatoms. The Balaban J connectivity index is 1.63. The van der Waals surface area contributed by atoms with Crippen molar-refractivity contribution < 1.29 is 18.8 Å². The van der Waals surface area contributed by atoms with Gasteiger partial charge in [0.05, 0.1) is 28.4 Å². The van der Waals surface area contributed by atoms with Crippen LogP contribution in [0.25, 0.3) is 0 Å². The van der Waals surface area contributed by atoms with E-state index in [0.29, 0.717) is 10.0 Å². The Morgan fingerprint density at radius 2 is 1.36 bits per heavy atom. The Labute approximate surface area is 239 Å². The first-order chi connectivity index (χ1) is 16.8. The second-order valence-electron chi connectivity index (χ2n) is 8.53. The molecule has 5 nitrogen and oxygen atoms in total. The number of allylic oxidation sites excluding steroid dienone is 2. The van der Waals surface area contributed by atoms with Gasteiger partial charge in [0.15, 0.2) is 4.33 Å². The lowest BCUT2D eigenvalue weighted by Gasteiger charge is -2.37. The van der Waals surface area contributed by atoms with E-state index in [2.05, 4.69) is 0 Å². The Kier molecular flexibility index (Phi) is 6.32. The number of rotatable bonds is 4. The summed E-state index contributed by atoms with van der Waals surface area (Å²) in [6, 6.07) is 11.3. The minimum atomic E-state index is -2.12. The van der Waals surface area contributed by atoms with E-state index in [4.69, 9.17) is 81.2 Å². The van der Waals surface area contributed by atoms with Crippen LogP contribution in [0.3, 0.4) is 0 Å². The molecule has 0 spiro atoms. The maximum absolute atomic E-state index is 14.6. The predicted molar refractivity (Wildman–Crippen MR) is 137 cm³/mol. The summed E-state index contributed by atoms with van der Waals surface area (Å²) in [6.45, 7) is -0.475. The van der Waals surface area contributed by atoms with Crippen LogP contribution in [0.5, 0.6) is 0 Å². The van der Waals surface area contributed by atoms with Crippen LogP contribution in [0.4, 0.5) is 4.39 Å². The molecule has 2 aromatic carbocycles. The highest BCUT2D eigenvalue weighted by Gasteiger charge is 2.88. The van der Waals surface area contributed by atoms with Crippen molar-refractivity contribution in [2.75, 3.05) is 0 Å². The molecule has 3 aliphatic rings. The molecule has 36 heavy (non-hydrogen) atoms. The zero-order valence-electron chi connectivity index (χ0n) is 17.6. The molecular weight excluding hydrogens is 619 g/mol. The van der Waals surface area contributed by atoms with E-state index in [1.165, 1.54) is 42.5 Å². The average molecular weight is 632 g/mol. The molecule has 1 heterocycles. The minimum absolute atomic E-state index is 0.0415. The first kappa shape index (κ1) is 26.4. The molecule has 5 rings (SSSR count). The van der Waals surface area contributed by atoms with Crippen molar-refractivity contribution in [3.63, 3.8) is 0 Å². The predicted octanol–water partition coefficient (Wildman–Crippen LogP) is 6.48. The fourth-order valence-electron chi connectivity index (χ4n) is 4.98. The summed E-state index contributed by atoms with van der Waals surface area (Å²) < 4.78 is 12.5. The van der Waals surface area contributed by atoms with Gasteiger partial charge >= 0.3 is 0 Å². The molecule has 2 fully saturated rings. The molecule has 0 aromatic heterocycles. The van der Waals surface area contributed by atoms with E-state index in [-0.39, 0.29) is 21.2 Å². The number of hydrogen-bond donors (Lipinski definition) is 0. The third kappa shape index (κ3) is 3.19. The largest absolute Gasteiger partial charge is 0.273 e. The van der Waals surface area contributed by atoms with E-state index >= 15 is 0 Å². The highest BCUT2D eigenvalue weighted by molar-refractivity contribution is 6.66. The molecule has 3 amide bonds. The summed E-state index contributed by atoms with van der Waals surface area (Å²) >= 11 is 45.1. The van der Waals surface area contributed by atoms with Crippen LogP contribution in [0, 0.1) is 17.7 Å². The molecule has 2 aromatic rings. The van der Waals surface area contributed by atoms with Crippen molar-refractivity contribution in [2.45, 2.75) is 20.6 Å². The maximum atomic E-state index is 14.6. The van der Waals surface area contributed by atoms with E-state index < -0.39 is 56.0 Å². The molecule has 188 valence electrons. The van der Waals surface area contributed by atoms with Gasteiger partial charge in [-0.1, -0.05) is 76.2 Å². The van der Waals surface area contributed by atoms with E-state index in [0.717, 1.165) is 5.01 Å². The molecule has 1 saturated heterocycles. The van der Waals surface area contributed by atoms with Crippen molar-refractivity contribution in [3.8, 4) is 0 Å². The average Bonchev–Trinajstić information content (AvgIpc) is 3.22. The summed E-state index contributed by atoms with van der Waals surface area (Å²) in [5.41, 5.74) is 0.121. The topological polar surface area (TPSA) is 57.7 Å². The zero-order valence-corrected chi connectivity index (χ0v) is 22.9. The number of fused-ring (bicyclic) bond motifs is 5. The highest BCUT2D eigenvalue weighted by Crippen LogP contribution is 2.77. The molecule has 1 aliphatic heterocycles. The van der Waals surface area contributed by atoms with Gasteiger partial charge in [-0.15, -0.1) is 23.2 Å². The van der Waals surface area contributed by atoms with Gasteiger partial charge in [-0.05, 0) is 30.3 Å². The van der Waals surface area contributed by atoms with Gasteiger partial charge in [-0.25, -0.2) is 9.40 Å². The number of hydrazine groups is 1. The van der Waals surface area contributed by atoms with Crippen LogP contribution in [0.2, 0.25) is 5.02 Å². The molecule has 4 atom stereocenters. The molecular formula is C23H12Cl7FN2O3. The lowest BCUT2D eigenvalue weighted by Crippen LogP contribution is -2.55. The zero-order chi connectivity index (χ0) is 26.4. The number of amides is 3. The van der Waals surface area contributed by atoms with Gasteiger partial charge in [0.25, 0.3) is 17.7 Å². The van der Waals surface area contributed by atoms with Crippen LogP contribution >= 0.6 is 81.2 Å². The Bertz CT molecular complexity index is 1320. The SMILES string of the molecule is O=C(c1ccc(Cl)cc1)N(Cc1ccccc1F)N1C(=O)[C@@H]2[C@@H](C1=O)[C@@]1(Cl)C(Cl)=C(Cl)[C@@]2(Cl)C1(Cl)Cl. The summed E-state index contributed by atoms with van der Waals surface area (Å²) in [5, 5.41) is 1.24. The van der Waals surface area contributed by atoms with Gasteiger partial charge in [-0.3, -0.25) is 14.4 Å². The number of halogens is 8. The first-order valence-corrected chi connectivity index (χ1v) is 12.9. The van der Waals surface area contributed by atoms with Crippen LogP contribution in [0.1, 0.15) is 15.9 Å². The maximum Gasteiger partial charge on any atom is 0.273 e. The monoisotopic (exact) mass is 628 g/mol. The van der Waals surface area contributed by atoms with Gasteiger partial charge in [0.1, 0.15) is 15.6 Å². The summed E-state index contributed by atoms with van der Waals surface area (Å²) in [7, 11) is 0. The normalized spacial score (nSPS) is 30.3. The van der Waals surface area contributed by atoms with E-state index in [1.54, 1.807) is 6.07 Å². The quantitative estimate of drug-likeness (QED) is 0.287. The van der Waals surface area contributed by atoms with E-state index in [1.807, 2.05) is 0 Å². The fraction of sp³-hybridized carbons (Fsp3) is 0.261. The third-order valence-electron chi connectivity index (χ3n) is 6.73. The number of hydrogen-bond acceptors (Lipinski definition) is 3. The Morgan fingerprint density at radius 1 is 0.861 bits per heavy atom. The van der Waals surface area contributed by atoms with Crippen LogP contribution in [-0.4, -0.2) is 41.8 Å². The fourth-order valence-corrected chi connectivity index (χ4v) is 8.04. The molecule has 2 bridgehead atoms. The third-order valence-corrected chi connectivity index (χ3v) is 11.2.